The number of carbonyl (C=O) groups is 4. The number of aryl methyl sites for hydroxylation is 1. The highest BCUT2D eigenvalue weighted by Gasteiger charge is 2.21. The van der Waals surface area contributed by atoms with Gasteiger partial charge in [-0.1, -0.05) is 0 Å². The Bertz CT molecular complexity index is 766. The van der Waals surface area contributed by atoms with Crippen molar-refractivity contribution in [3.63, 3.8) is 0 Å². The van der Waals surface area contributed by atoms with Gasteiger partial charge < -0.3 is 35.1 Å². The van der Waals surface area contributed by atoms with Gasteiger partial charge in [-0.05, 0) is 27.2 Å². The van der Waals surface area contributed by atoms with Crippen molar-refractivity contribution < 1.29 is 43.6 Å². The maximum atomic E-state index is 11.9. The molecule has 0 aromatic carbocycles. The van der Waals surface area contributed by atoms with Crippen LogP contribution in [0.5, 0.6) is 5.88 Å². The van der Waals surface area contributed by atoms with Crippen LogP contribution in [0.15, 0.2) is 6.07 Å². The van der Waals surface area contributed by atoms with Crippen molar-refractivity contribution >= 4 is 23.9 Å². The average Bonchev–Trinajstić information content (AvgIpc) is 3.00. The number of carbonyl (C=O) groups excluding carboxylic acids is 4. The standard InChI is InChI=1S/C18H28N4O9/c1-18(2,3)31-17(28)20-8-14(25)29-10-30-16(27)11(9-23)5-6-19-15(26)12-7-13(24)22(4)21-12/h7,11,23-24H,5-6,8-10H2,1-4H3,(H,19,26)(H,20,28). The van der Waals surface area contributed by atoms with Gasteiger partial charge in [0.1, 0.15) is 12.1 Å². The number of aromatic nitrogens is 2. The third-order valence-electron chi connectivity index (χ3n) is 3.62. The maximum absolute atomic E-state index is 11.9. The second-order valence-electron chi connectivity index (χ2n) is 7.39. The van der Waals surface area contributed by atoms with Crippen molar-refractivity contribution in [1.29, 1.82) is 0 Å². The van der Waals surface area contributed by atoms with Gasteiger partial charge in [0.15, 0.2) is 5.69 Å². The Hall–Kier alpha value is -3.35. The minimum atomic E-state index is -0.962. The van der Waals surface area contributed by atoms with Crippen molar-refractivity contribution in [3.8, 4) is 5.88 Å². The third kappa shape index (κ3) is 9.80. The first kappa shape index (κ1) is 25.7. The number of hydrogen-bond acceptors (Lipinski definition) is 10. The average molecular weight is 444 g/mol. The molecule has 13 nitrogen and oxygen atoms in total. The van der Waals surface area contributed by atoms with Crippen LogP contribution >= 0.6 is 0 Å². The molecule has 0 saturated carbocycles. The van der Waals surface area contributed by atoms with E-state index in [1.807, 2.05) is 0 Å². The molecule has 4 N–H and O–H groups in total. The minimum absolute atomic E-state index is 0.00460. The molecule has 1 unspecified atom stereocenters. The highest BCUT2D eigenvalue weighted by atomic mass is 16.7. The predicted molar refractivity (Wildman–Crippen MR) is 104 cm³/mol. The lowest BCUT2D eigenvalue weighted by Crippen LogP contribution is -2.36. The number of esters is 2. The zero-order valence-corrected chi connectivity index (χ0v) is 17.8. The molecule has 1 heterocycles. The molecule has 0 saturated heterocycles. The third-order valence-corrected chi connectivity index (χ3v) is 3.62. The fourth-order valence-electron chi connectivity index (χ4n) is 2.08. The van der Waals surface area contributed by atoms with Gasteiger partial charge in [-0.15, -0.1) is 0 Å². The Balaban J connectivity index is 2.28. The van der Waals surface area contributed by atoms with Crippen LogP contribution in [0.3, 0.4) is 0 Å². The molecule has 0 bridgehead atoms. The second-order valence-corrected chi connectivity index (χ2v) is 7.39. The largest absolute Gasteiger partial charge is 0.493 e. The molecule has 1 aromatic rings. The number of nitrogens with zero attached hydrogens (tertiary/aromatic N) is 2. The molecule has 1 atom stereocenters. The van der Waals surface area contributed by atoms with E-state index in [9.17, 15) is 29.4 Å². The number of amides is 2. The quantitative estimate of drug-likeness (QED) is 0.269. The normalized spacial score (nSPS) is 11.9. The fourth-order valence-corrected chi connectivity index (χ4v) is 2.08. The van der Waals surface area contributed by atoms with Gasteiger partial charge in [0.05, 0.1) is 12.5 Å². The summed E-state index contributed by atoms with van der Waals surface area (Å²) in [7, 11) is 1.46. The van der Waals surface area contributed by atoms with Crippen molar-refractivity contribution in [2.45, 2.75) is 32.8 Å². The summed E-state index contributed by atoms with van der Waals surface area (Å²) in [5, 5.41) is 27.2. The van der Waals surface area contributed by atoms with Gasteiger partial charge in [0.25, 0.3) is 5.91 Å². The van der Waals surface area contributed by atoms with Crippen molar-refractivity contribution in [1.82, 2.24) is 20.4 Å². The van der Waals surface area contributed by atoms with Crippen LogP contribution < -0.4 is 10.6 Å². The van der Waals surface area contributed by atoms with E-state index in [4.69, 9.17) is 9.47 Å². The number of aromatic hydroxyl groups is 1. The Morgan fingerprint density at radius 3 is 2.42 bits per heavy atom. The molecule has 31 heavy (non-hydrogen) atoms. The molecule has 0 aliphatic rings. The molecule has 13 heteroatoms. The van der Waals surface area contributed by atoms with Crippen LogP contribution in [0.4, 0.5) is 4.79 Å². The summed E-state index contributed by atoms with van der Waals surface area (Å²) in [6.07, 6.45) is -0.752. The van der Waals surface area contributed by atoms with Crippen LogP contribution in [0.25, 0.3) is 0 Å². The maximum Gasteiger partial charge on any atom is 0.408 e. The predicted octanol–water partition coefficient (Wildman–Crippen LogP) is -0.577. The van der Waals surface area contributed by atoms with Gasteiger partial charge in [-0.3, -0.25) is 14.4 Å². The number of rotatable bonds is 10. The van der Waals surface area contributed by atoms with E-state index in [1.165, 1.54) is 13.1 Å². The number of ether oxygens (including phenoxy) is 3. The Morgan fingerprint density at radius 2 is 1.87 bits per heavy atom. The topological polar surface area (TPSA) is 178 Å². The van der Waals surface area contributed by atoms with E-state index >= 15 is 0 Å². The molecule has 1 aromatic heterocycles. The lowest BCUT2D eigenvalue weighted by Gasteiger charge is -2.19. The summed E-state index contributed by atoms with van der Waals surface area (Å²) in [5.41, 5.74) is -0.725. The van der Waals surface area contributed by atoms with Gasteiger partial charge in [0, 0.05) is 19.7 Å². The molecule has 0 radical (unpaired) electrons. The molecular weight excluding hydrogens is 416 g/mol. The summed E-state index contributed by atoms with van der Waals surface area (Å²) in [5.74, 6) is -3.40. The van der Waals surface area contributed by atoms with Crippen LogP contribution in [-0.2, 0) is 30.8 Å². The summed E-state index contributed by atoms with van der Waals surface area (Å²) < 4.78 is 15.5. The van der Waals surface area contributed by atoms with Crippen LogP contribution in [-0.4, -0.2) is 76.0 Å². The molecule has 0 aliphatic heterocycles. The first-order valence-corrected chi connectivity index (χ1v) is 9.34. The number of aliphatic hydroxyl groups excluding tert-OH is 1. The minimum Gasteiger partial charge on any atom is -0.493 e. The number of hydrogen-bond donors (Lipinski definition) is 4. The van der Waals surface area contributed by atoms with E-state index in [1.54, 1.807) is 20.8 Å². The van der Waals surface area contributed by atoms with Gasteiger partial charge in [-0.25, -0.2) is 9.48 Å². The number of aliphatic hydroxyl groups is 1. The fraction of sp³-hybridized carbons (Fsp3) is 0.611. The van der Waals surface area contributed by atoms with Crippen molar-refractivity contribution in [2.24, 2.45) is 13.0 Å². The summed E-state index contributed by atoms with van der Waals surface area (Å²) in [6.45, 7) is 3.28. The zero-order valence-electron chi connectivity index (χ0n) is 17.8. The Morgan fingerprint density at radius 1 is 1.19 bits per heavy atom. The number of alkyl carbamates (subject to hydrolysis) is 1. The van der Waals surface area contributed by atoms with E-state index in [0.717, 1.165) is 4.68 Å². The molecule has 174 valence electrons. The second kappa shape index (κ2) is 11.7. The lowest BCUT2D eigenvalue weighted by atomic mass is 10.1. The van der Waals surface area contributed by atoms with Crippen LogP contribution in [0.2, 0.25) is 0 Å². The van der Waals surface area contributed by atoms with Crippen molar-refractivity contribution in [2.75, 3.05) is 26.5 Å². The van der Waals surface area contributed by atoms with Gasteiger partial charge >= 0.3 is 18.0 Å². The molecule has 2 amide bonds. The molecule has 0 spiro atoms. The van der Waals surface area contributed by atoms with Gasteiger partial charge in [-0.2, -0.15) is 5.10 Å². The highest BCUT2D eigenvalue weighted by molar-refractivity contribution is 5.92. The summed E-state index contributed by atoms with van der Waals surface area (Å²) >= 11 is 0. The lowest BCUT2D eigenvalue weighted by molar-refractivity contribution is -0.170. The number of nitrogens with one attached hydrogen (secondary N) is 2. The van der Waals surface area contributed by atoms with E-state index in [-0.39, 0.29) is 24.5 Å². The van der Waals surface area contributed by atoms with Crippen LogP contribution in [0, 0.1) is 5.92 Å². The molecule has 1 rings (SSSR count). The Kier molecular flexibility index (Phi) is 9.73. The monoisotopic (exact) mass is 444 g/mol. The SMILES string of the molecule is Cn1nc(C(=O)NCCC(CO)C(=O)OCOC(=O)CNC(=O)OC(C)(C)C)cc1O. The summed E-state index contributed by atoms with van der Waals surface area (Å²) in [4.78, 5) is 46.8. The molecule has 0 aliphatic carbocycles. The smallest absolute Gasteiger partial charge is 0.408 e. The Labute approximate surface area is 178 Å². The van der Waals surface area contributed by atoms with Crippen LogP contribution in [0.1, 0.15) is 37.7 Å². The van der Waals surface area contributed by atoms with Crippen molar-refractivity contribution in [3.05, 3.63) is 11.8 Å². The van der Waals surface area contributed by atoms with E-state index in [0.29, 0.717) is 0 Å². The van der Waals surface area contributed by atoms with E-state index < -0.39 is 55.4 Å². The zero-order chi connectivity index (χ0) is 23.6. The molecular formula is C18H28N4O9. The first-order chi connectivity index (χ1) is 14.4. The van der Waals surface area contributed by atoms with Gasteiger partial charge in [0.2, 0.25) is 12.7 Å². The highest BCUT2D eigenvalue weighted by Crippen LogP contribution is 2.10. The summed E-state index contributed by atoms with van der Waals surface area (Å²) in [6, 6.07) is 1.18. The van der Waals surface area contributed by atoms with E-state index in [2.05, 4.69) is 20.5 Å². The first-order valence-electron chi connectivity index (χ1n) is 9.34. The molecule has 0 fully saturated rings.